The predicted molar refractivity (Wildman–Crippen MR) is 258 cm³/mol. The van der Waals surface area contributed by atoms with E-state index in [4.69, 9.17) is 14.7 Å². The summed E-state index contributed by atoms with van der Waals surface area (Å²) in [4.78, 5) is 74.9. The fourth-order valence-electron chi connectivity index (χ4n) is 9.03. The highest BCUT2D eigenvalue weighted by atomic mass is 32.2. The fourth-order valence-corrected chi connectivity index (χ4v) is 10.6. The molecule has 69 heavy (non-hydrogen) atoms. The number of benzene rings is 2. The van der Waals surface area contributed by atoms with Gasteiger partial charge in [-0.05, 0) is 86.1 Å². The van der Waals surface area contributed by atoms with Gasteiger partial charge in [0.05, 0.1) is 61.2 Å². The van der Waals surface area contributed by atoms with Crippen molar-refractivity contribution in [3.8, 4) is 17.9 Å². The van der Waals surface area contributed by atoms with Crippen LogP contribution in [0.2, 0.25) is 0 Å². The van der Waals surface area contributed by atoms with Gasteiger partial charge in [-0.2, -0.15) is 17.0 Å². The molecule has 0 aliphatic carbocycles. The maximum atomic E-state index is 13.9. The quantitative estimate of drug-likeness (QED) is 0.0492. The maximum absolute atomic E-state index is 13.9. The maximum Gasteiger partial charge on any atom is 0.315 e. The minimum absolute atomic E-state index is 0.0197. The highest BCUT2D eigenvalue weighted by Gasteiger charge is 2.42. The van der Waals surface area contributed by atoms with Gasteiger partial charge in [-0.3, -0.25) is 34.0 Å². The Balaban J connectivity index is 0.825. The minimum Gasteiger partial charge on any atom is -0.377 e. The summed E-state index contributed by atoms with van der Waals surface area (Å²) >= 11 is 1.87. The van der Waals surface area contributed by atoms with Crippen LogP contribution in [-0.2, 0) is 32.2 Å². The van der Waals surface area contributed by atoms with Crippen molar-refractivity contribution >= 4 is 41.3 Å². The lowest BCUT2D eigenvalue weighted by molar-refractivity contribution is -0.126. The Morgan fingerprint density at radius 2 is 1.57 bits per heavy atom. The Morgan fingerprint density at radius 1 is 0.855 bits per heavy atom. The summed E-state index contributed by atoms with van der Waals surface area (Å²) < 4.78 is 24.4. The number of rotatable bonds is 22. The number of aromatic nitrogens is 1. The molecule has 3 unspecified atom stereocenters. The van der Waals surface area contributed by atoms with Crippen LogP contribution in [0, 0.1) is 34.9 Å². The molecule has 4 aliphatic heterocycles. The average molecular weight is 964 g/mol. The minimum atomic E-state index is -0.380. The Bertz CT molecular complexity index is 2340. The Kier molecular flexibility index (Phi) is 19.3. The monoisotopic (exact) mass is 963 g/mol. The zero-order valence-corrected chi connectivity index (χ0v) is 39.8. The van der Waals surface area contributed by atoms with Crippen LogP contribution < -0.4 is 21.3 Å². The number of thioether (sulfide) groups is 1. The number of carbonyl (C=O) groups is 5. The third-order valence-corrected chi connectivity index (χ3v) is 14.4. The smallest absolute Gasteiger partial charge is 0.315 e. The van der Waals surface area contributed by atoms with E-state index in [1.165, 1.54) is 18.3 Å². The number of amides is 5. The van der Waals surface area contributed by atoms with Crippen LogP contribution in [0.25, 0.3) is 0 Å². The molecule has 3 aromatic rings. The van der Waals surface area contributed by atoms with Crippen LogP contribution in [0.5, 0.6) is 0 Å². The topological polar surface area (TPSA) is 198 Å². The van der Waals surface area contributed by atoms with Crippen molar-refractivity contribution in [2.24, 2.45) is 5.92 Å². The molecular weight excluding hydrogens is 902 g/mol. The molecule has 5 heterocycles. The average Bonchev–Trinajstić information content (AvgIpc) is 3.92. The molecule has 18 heteroatoms. The molecule has 4 N–H and O–H groups in total. The number of urea groups is 1. The summed E-state index contributed by atoms with van der Waals surface area (Å²) in [7, 11) is 0. The predicted octanol–water partition coefficient (Wildman–Crippen LogP) is 3.88. The molecule has 0 bridgehead atoms. The van der Waals surface area contributed by atoms with Gasteiger partial charge in [0.2, 0.25) is 11.8 Å². The number of likely N-dealkylation sites (tertiary alicyclic amines) is 1. The summed E-state index contributed by atoms with van der Waals surface area (Å²) in [6.07, 6.45) is 6.53. The summed E-state index contributed by atoms with van der Waals surface area (Å²) in [6, 6.07) is 18.1. The van der Waals surface area contributed by atoms with Gasteiger partial charge in [-0.25, -0.2) is 9.18 Å². The van der Waals surface area contributed by atoms with E-state index in [1.54, 1.807) is 23.1 Å². The molecule has 0 radical (unpaired) electrons. The molecule has 7 rings (SSSR count). The lowest BCUT2D eigenvalue weighted by Crippen LogP contribution is -2.48. The number of ketones is 1. The molecule has 4 saturated heterocycles. The number of piperazine rings is 1. The molecule has 3 atom stereocenters. The number of unbranched alkanes of at least 4 members (excludes halogenated alkanes) is 1. The van der Waals surface area contributed by atoms with Crippen LogP contribution in [0.3, 0.4) is 0 Å². The zero-order chi connectivity index (χ0) is 48.4. The number of ether oxygens (including phenoxy) is 2. The third kappa shape index (κ3) is 15.8. The number of halogens is 1. The molecule has 5 amide bonds. The third-order valence-electron chi connectivity index (χ3n) is 12.9. The van der Waals surface area contributed by atoms with E-state index < -0.39 is 0 Å². The molecule has 4 fully saturated rings. The first-order valence-corrected chi connectivity index (χ1v) is 25.0. The van der Waals surface area contributed by atoms with Crippen molar-refractivity contribution in [3.63, 3.8) is 0 Å². The molecule has 4 aliphatic rings. The number of piperidine rings is 1. The largest absolute Gasteiger partial charge is 0.377 e. The van der Waals surface area contributed by atoms with Crippen molar-refractivity contribution in [3.05, 3.63) is 100 Å². The molecule has 1 aromatic heterocycles. The number of nitrogens with zero attached hydrogens (tertiary/aromatic N) is 5. The lowest BCUT2D eigenvalue weighted by atomic mass is 9.90. The van der Waals surface area contributed by atoms with Gasteiger partial charge in [0.25, 0.3) is 5.91 Å². The van der Waals surface area contributed by atoms with E-state index >= 15 is 0 Å². The van der Waals surface area contributed by atoms with E-state index in [0.29, 0.717) is 80.7 Å². The van der Waals surface area contributed by atoms with Crippen molar-refractivity contribution < 1.29 is 37.8 Å². The van der Waals surface area contributed by atoms with Crippen molar-refractivity contribution in [2.45, 2.75) is 75.4 Å². The van der Waals surface area contributed by atoms with Crippen molar-refractivity contribution in [1.29, 1.82) is 5.26 Å². The lowest BCUT2D eigenvalue weighted by Gasteiger charge is -2.34. The molecule has 0 spiro atoms. The highest BCUT2D eigenvalue weighted by molar-refractivity contribution is 8.00. The van der Waals surface area contributed by atoms with Gasteiger partial charge in [0, 0.05) is 75.9 Å². The summed E-state index contributed by atoms with van der Waals surface area (Å²) in [5, 5.41) is 21.0. The van der Waals surface area contributed by atoms with E-state index in [1.807, 2.05) is 36.0 Å². The van der Waals surface area contributed by atoms with Crippen molar-refractivity contribution in [1.82, 2.24) is 41.0 Å². The fraction of sp³-hybridized carbons (Fsp3) is 0.510. The van der Waals surface area contributed by atoms with Gasteiger partial charge in [-0.15, -0.1) is 0 Å². The number of carbonyl (C=O) groups excluding carboxylic acids is 5. The SMILES string of the molecule is N#Cc1ccc(CN2CCC(CC(=O)c3ncc(C(=O)N4CCN(Cc5ccc(F)cc5)CC4)cc3C#CCNC(=O)COCCOCCNC(=O)CCCCC3SCC4NC(=O)NC43)CC2)cc1. The van der Waals surface area contributed by atoms with Gasteiger partial charge < -0.3 is 35.6 Å². The van der Waals surface area contributed by atoms with Crippen LogP contribution in [0.1, 0.15) is 88.0 Å². The molecule has 16 nitrogen and oxygen atoms in total. The van der Waals surface area contributed by atoms with Crippen LogP contribution in [0.15, 0.2) is 60.8 Å². The Morgan fingerprint density at radius 3 is 2.30 bits per heavy atom. The number of Topliss-reactive ketones (excluding diaryl/α,β-unsaturated/α-hetero) is 1. The van der Waals surface area contributed by atoms with Crippen LogP contribution in [0.4, 0.5) is 9.18 Å². The first-order chi connectivity index (χ1) is 33.6. The molecule has 366 valence electrons. The summed E-state index contributed by atoms with van der Waals surface area (Å²) in [5.41, 5.74) is 3.61. The second kappa shape index (κ2) is 26.2. The van der Waals surface area contributed by atoms with E-state index in [-0.39, 0.29) is 85.4 Å². The normalized spacial score (nSPS) is 19.4. The standard InChI is InChI=1S/C51H62FN9O7S/c52-42-13-11-39(12-14-42)33-60-21-23-61(24-22-60)50(65)41-29-40(48(56-31-41)44(62)28-36-15-19-59(20-16-36)32-38-9-7-37(30-53)8-10-38)4-3-17-54-47(64)34-68-27-26-67-25-18-55-46(63)6-2-1-5-45-49-43(35-69-45)57-51(66)58-49/h7-14,29,31,36,43,45,49H,1-2,5-6,15-28,32-35H2,(H,54,64)(H,55,63)(H2,57,58,66). The highest BCUT2D eigenvalue weighted by Crippen LogP contribution is 2.33. The molecule has 0 saturated carbocycles. The van der Waals surface area contributed by atoms with Crippen LogP contribution in [-0.4, -0.2) is 151 Å². The summed E-state index contributed by atoms with van der Waals surface area (Å²) in [6.45, 7) is 6.28. The number of hydrogen-bond acceptors (Lipinski definition) is 12. The number of pyridine rings is 1. The number of nitriles is 1. The van der Waals surface area contributed by atoms with Gasteiger partial charge in [0.15, 0.2) is 5.78 Å². The Hall–Kier alpha value is -5.89. The first kappa shape index (κ1) is 51.0. The van der Waals surface area contributed by atoms with Crippen LogP contribution >= 0.6 is 11.8 Å². The molecule has 2 aromatic carbocycles. The van der Waals surface area contributed by atoms with Crippen molar-refractivity contribution in [2.75, 3.05) is 84.5 Å². The van der Waals surface area contributed by atoms with E-state index in [9.17, 15) is 28.4 Å². The molecular formula is C51H62FN9O7S. The second-order valence-corrected chi connectivity index (χ2v) is 19.2. The number of fused-ring (bicyclic) bond motifs is 1. The summed E-state index contributed by atoms with van der Waals surface area (Å²) in [5.74, 6) is 5.98. The Labute approximate surface area is 407 Å². The van der Waals surface area contributed by atoms with Gasteiger partial charge in [-0.1, -0.05) is 42.5 Å². The van der Waals surface area contributed by atoms with Gasteiger partial charge in [0.1, 0.15) is 18.1 Å². The van der Waals surface area contributed by atoms with E-state index in [0.717, 1.165) is 68.6 Å². The number of nitrogens with one attached hydrogen (secondary N) is 4. The number of hydrogen-bond donors (Lipinski definition) is 4. The second-order valence-electron chi connectivity index (χ2n) is 17.9. The first-order valence-electron chi connectivity index (χ1n) is 24.0. The van der Waals surface area contributed by atoms with Gasteiger partial charge >= 0.3 is 6.03 Å². The van der Waals surface area contributed by atoms with E-state index in [2.05, 4.69) is 54.0 Å². The zero-order valence-electron chi connectivity index (χ0n) is 39.0.